The van der Waals surface area contributed by atoms with Crippen LogP contribution in [0.25, 0.3) is 10.8 Å². The predicted octanol–water partition coefficient (Wildman–Crippen LogP) is 4.37. The van der Waals surface area contributed by atoms with Crippen molar-refractivity contribution in [2.45, 2.75) is 38.2 Å². The van der Waals surface area contributed by atoms with Gasteiger partial charge in [-0.3, -0.25) is 4.79 Å². The van der Waals surface area contributed by atoms with E-state index in [0.717, 1.165) is 36.6 Å². The van der Waals surface area contributed by atoms with E-state index in [1.807, 2.05) is 43.3 Å². The Labute approximate surface area is 119 Å². The topological polar surface area (TPSA) is 26.3 Å². The summed E-state index contributed by atoms with van der Waals surface area (Å²) in [4.78, 5) is 12.9. The average Bonchev–Trinajstić information content (AvgIpc) is 2.96. The molecule has 0 radical (unpaired) electrons. The maximum atomic E-state index is 12.9. The summed E-state index contributed by atoms with van der Waals surface area (Å²) in [7, 11) is 0. The third kappa shape index (κ3) is 2.25. The van der Waals surface area contributed by atoms with E-state index in [1.54, 1.807) is 0 Å². The molecule has 2 aromatic carbocycles. The minimum absolute atomic E-state index is 0.155. The molecule has 0 N–H and O–H groups in total. The number of rotatable bonds is 4. The van der Waals surface area contributed by atoms with Crippen molar-refractivity contribution in [2.75, 3.05) is 6.61 Å². The van der Waals surface area contributed by atoms with Crippen LogP contribution in [0.1, 0.15) is 43.0 Å². The van der Waals surface area contributed by atoms with Crippen LogP contribution in [-0.2, 0) is 4.74 Å². The molecule has 1 aliphatic rings. The zero-order valence-corrected chi connectivity index (χ0v) is 11.9. The van der Waals surface area contributed by atoms with E-state index < -0.39 is 5.60 Å². The summed E-state index contributed by atoms with van der Waals surface area (Å²) in [6.45, 7) is 2.56. The lowest BCUT2D eigenvalue weighted by Gasteiger charge is -2.27. The summed E-state index contributed by atoms with van der Waals surface area (Å²) in [5.74, 6) is 0.155. The van der Waals surface area contributed by atoms with Crippen LogP contribution < -0.4 is 0 Å². The number of benzene rings is 2. The quantitative estimate of drug-likeness (QED) is 0.769. The van der Waals surface area contributed by atoms with Crippen molar-refractivity contribution in [3.63, 3.8) is 0 Å². The molecule has 0 saturated heterocycles. The summed E-state index contributed by atoms with van der Waals surface area (Å²) < 4.78 is 5.87. The fraction of sp³-hybridized carbons (Fsp3) is 0.389. The van der Waals surface area contributed by atoms with Gasteiger partial charge in [0.1, 0.15) is 5.60 Å². The Kier molecular flexibility index (Phi) is 3.58. The highest BCUT2D eigenvalue weighted by Crippen LogP contribution is 2.36. The van der Waals surface area contributed by atoms with Gasteiger partial charge < -0.3 is 4.74 Å². The molecule has 2 aromatic rings. The molecule has 0 bridgehead atoms. The Bertz CT molecular complexity index is 624. The van der Waals surface area contributed by atoms with Gasteiger partial charge in [0.2, 0.25) is 0 Å². The molecule has 0 heterocycles. The Hall–Kier alpha value is -1.67. The molecule has 0 amide bonds. The lowest BCUT2D eigenvalue weighted by molar-refractivity contribution is -0.0163. The molecule has 0 aliphatic heterocycles. The van der Waals surface area contributed by atoms with Crippen LogP contribution in [0, 0.1) is 0 Å². The van der Waals surface area contributed by atoms with E-state index in [2.05, 4.69) is 6.07 Å². The molecule has 3 rings (SSSR count). The van der Waals surface area contributed by atoms with Gasteiger partial charge in [-0.2, -0.15) is 0 Å². The number of ether oxygens (including phenoxy) is 1. The van der Waals surface area contributed by atoms with E-state index in [0.29, 0.717) is 6.61 Å². The van der Waals surface area contributed by atoms with Crippen molar-refractivity contribution in [2.24, 2.45) is 0 Å². The fourth-order valence-electron chi connectivity index (χ4n) is 3.25. The molecule has 104 valence electrons. The molecule has 0 atom stereocenters. The standard InChI is InChI=1S/C18H20O2/c1-2-20-18(11-5-6-12-18)17(19)16-10-9-14-7-3-4-8-15(14)13-16/h3-4,7-10,13H,2,5-6,11-12H2,1H3. The van der Waals surface area contributed by atoms with Crippen molar-refractivity contribution >= 4 is 16.6 Å². The zero-order chi connectivity index (χ0) is 14.0. The van der Waals surface area contributed by atoms with Gasteiger partial charge in [-0.05, 0) is 49.4 Å². The van der Waals surface area contributed by atoms with Crippen LogP contribution in [0.4, 0.5) is 0 Å². The second-order valence-corrected chi connectivity index (χ2v) is 5.53. The third-order valence-electron chi connectivity index (χ3n) is 4.26. The predicted molar refractivity (Wildman–Crippen MR) is 81.1 cm³/mol. The Morgan fingerprint density at radius 3 is 2.50 bits per heavy atom. The van der Waals surface area contributed by atoms with Crippen LogP contribution in [-0.4, -0.2) is 18.0 Å². The van der Waals surface area contributed by atoms with Crippen molar-refractivity contribution in [3.05, 3.63) is 48.0 Å². The van der Waals surface area contributed by atoms with Gasteiger partial charge in [0.15, 0.2) is 5.78 Å². The number of carbonyl (C=O) groups excluding carboxylic acids is 1. The van der Waals surface area contributed by atoms with Gasteiger partial charge >= 0.3 is 0 Å². The van der Waals surface area contributed by atoms with E-state index in [4.69, 9.17) is 4.74 Å². The van der Waals surface area contributed by atoms with Gasteiger partial charge in [0, 0.05) is 12.2 Å². The lowest BCUT2D eigenvalue weighted by atomic mass is 9.90. The number of hydrogen-bond acceptors (Lipinski definition) is 2. The maximum Gasteiger partial charge on any atom is 0.194 e. The summed E-state index contributed by atoms with van der Waals surface area (Å²) >= 11 is 0. The van der Waals surface area contributed by atoms with Crippen LogP contribution >= 0.6 is 0 Å². The van der Waals surface area contributed by atoms with Gasteiger partial charge in [-0.25, -0.2) is 0 Å². The van der Waals surface area contributed by atoms with E-state index in [9.17, 15) is 4.79 Å². The van der Waals surface area contributed by atoms with Crippen molar-refractivity contribution < 1.29 is 9.53 Å². The van der Waals surface area contributed by atoms with Crippen LogP contribution in [0.2, 0.25) is 0 Å². The first-order valence-electron chi connectivity index (χ1n) is 7.43. The molecule has 2 nitrogen and oxygen atoms in total. The van der Waals surface area contributed by atoms with E-state index in [-0.39, 0.29) is 5.78 Å². The SMILES string of the molecule is CCOC1(C(=O)c2ccc3ccccc3c2)CCCC1. The molecule has 1 fully saturated rings. The first kappa shape index (κ1) is 13.3. The van der Waals surface area contributed by atoms with Crippen molar-refractivity contribution in [1.29, 1.82) is 0 Å². The highest BCUT2D eigenvalue weighted by Gasteiger charge is 2.42. The molecule has 20 heavy (non-hydrogen) atoms. The highest BCUT2D eigenvalue weighted by atomic mass is 16.5. The monoisotopic (exact) mass is 268 g/mol. The summed E-state index contributed by atoms with van der Waals surface area (Å²) in [5, 5.41) is 2.28. The first-order valence-corrected chi connectivity index (χ1v) is 7.43. The van der Waals surface area contributed by atoms with E-state index in [1.165, 1.54) is 5.39 Å². The Morgan fingerprint density at radius 2 is 1.80 bits per heavy atom. The highest BCUT2D eigenvalue weighted by molar-refractivity contribution is 6.05. The molecule has 0 aromatic heterocycles. The fourth-order valence-corrected chi connectivity index (χ4v) is 3.25. The third-order valence-corrected chi connectivity index (χ3v) is 4.26. The molecular formula is C18H20O2. The maximum absolute atomic E-state index is 12.9. The van der Waals surface area contributed by atoms with Crippen LogP contribution in [0.5, 0.6) is 0 Å². The van der Waals surface area contributed by atoms with Crippen molar-refractivity contribution in [1.82, 2.24) is 0 Å². The normalized spacial score (nSPS) is 17.4. The number of carbonyl (C=O) groups is 1. The number of ketones is 1. The van der Waals surface area contributed by atoms with E-state index >= 15 is 0 Å². The minimum atomic E-state index is -0.572. The molecule has 0 unspecified atom stereocenters. The van der Waals surface area contributed by atoms with Gasteiger partial charge in [0.25, 0.3) is 0 Å². The second kappa shape index (κ2) is 5.37. The number of Topliss-reactive ketones (excluding diaryl/α,β-unsaturated/α-hetero) is 1. The smallest absolute Gasteiger partial charge is 0.194 e. The van der Waals surface area contributed by atoms with Crippen LogP contribution in [0.15, 0.2) is 42.5 Å². The van der Waals surface area contributed by atoms with Gasteiger partial charge in [-0.1, -0.05) is 36.4 Å². The molecule has 1 saturated carbocycles. The van der Waals surface area contributed by atoms with Gasteiger partial charge in [-0.15, -0.1) is 0 Å². The molecule has 1 aliphatic carbocycles. The summed E-state index contributed by atoms with van der Waals surface area (Å²) in [5.41, 5.74) is 0.205. The van der Waals surface area contributed by atoms with Crippen molar-refractivity contribution in [3.8, 4) is 0 Å². The Morgan fingerprint density at radius 1 is 1.10 bits per heavy atom. The second-order valence-electron chi connectivity index (χ2n) is 5.53. The molecule has 2 heteroatoms. The average molecular weight is 268 g/mol. The molecule has 0 spiro atoms. The lowest BCUT2D eigenvalue weighted by Crippen LogP contribution is -2.38. The van der Waals surface area contributed by atoms with Crippen LogP contribution in [0.3, 0.4) is 0 Å². The summed E-state index contributed by atoms with van der Waals surface area (Å²) in [6, 6.07) is 14.1. The largest absolute Gasteiger partial charge is 0.367 e. The minimum Gasteiger partial charge on any atom is -0.367 e. The first-order chi connectivity index (χ1) is 9.75. The number of hydrogen-bond donors (Lipinski definition) is 0. The van der Waals surface area contributed by atoms with Gasteiger partial charge in [0.05, 0.1) is 0 Å². The summed E-state index contributed by atoms with van der Waals surface area (Å²) in [6.07, 6.45) is 3.87. The number of fused-ring (bicyclic) bond motifs is 1. The Balaban J connectivity index is 1.98. The molecular weight excluding hydrogens is 248 g/mol. The zero-order valence-electron chi connectivity index (χ0n) is 11.9.